The van der Waals surface area contributed by atoms with Crippen molar-refractivity contribution in [1.29, 1.82) is 0 Å². The fourth-order valence-corrected chi connectivity index (χ4v) is 4.06. The third-order valence-electron chi connectivity index (χ3n) is 5.32. The lowest BCUT2D eigenvalue weighted by Gasteiger charge is -2.47. The highest BCUT2D eigenvalue weighted by Gasteiger charge is 2.49. The molecule has 1 aliphatic heterocycles. The normalized spacial score (nSPS) is 28.5. The Morgan fingerprint density at radius 1 is 0.600 bits per heavy atom. The zero-order valence-electron chi connectivity index (χ0n) is 17.2. The van der Waals surface area contributed by atoms with E-state index in [1.54, 1.807) is 12.4 Å². The first-order valence-corrected chi connectivity index (χ1v) is 9.89. The van der Waals surface area contributed by atoms with E-state index in [0.29, 0.717) is 11.4 Å². The van der Waals surface area contributed by atoms with Gasteiger partial charge in [-0.25, -0.2) is 0 Å². The molecule has 0 spiro atoms. The molecule has 30 heavy (non-hydrogen) atoms. The number of nitrogens with zero attached hydrogens (tertiary/aromatic N) is 2. The number of aliphatic hydroxyl groups excluding tert-OH is 8. The van der Waals surface area contributed by atoms with E-state index in [1.165, 1.54) is 0 Å². The molecule has 0 aromatic heterocycles. The van der Waals surface area contributed by atoms with Gasteiger partial charge in [-0.15, -0.1) is 0 Å². The third-order valence-corrected chi connectivity index (χ3v) is 5.32. The SMILES string of the molecule is NCC1=C[N+](CC(O)CO)(CC(O)CO)C=C(CN)[N+]1(CC(O)CO)CC(O)CO. The molecule has 12 heteroatoms. The van der Waals surface area contributed by atoms with Crippen LogP contribution < -0.4 is 11.5 Å². The summed E-state index contributed by atoms with van der Waals surface area (Å²) in [4.78, 5) is 0. The average molecular weight is 439 g/mol. The van der Waals surface area contributed by atoms with Crippen LogP contribution in [0, 0.1) is 0 Å². The van der Waals surface area contributed by atoms with Crippen LogP contribution in [0.4, 0.5) is 0 Å². The predicted molar refractivity (Wildman–Crippen MR) is 107 cm³/mol. The van der Waals surface area contributed by atoms with Crippen molar-refractivity contribution in [2.45, 2.75) is 24.4 Å². The minimum absolute atomic E-state index is 0.0499. The highest BCUT2D eigenvalue weighted by atomic mass is 16.3. The number of quaternary nitrogens is 2. The second-order valence-corrected chi connectivity index (χ2v) is 7.80. The van der Waals surface area contributed by atoms with E-state index in [0.717, 1.165) is 0 Å². The first-order chi connectivity index (χ1) is 14.1. The Morgan fingerprint density at radius 2 is 0.900 bits per heavy atom. The van der Waals surface area contributed by atoms with Gasteiger partial charge >= 0.3 is 0 Å². The van der Waals surface area contributed by atoms with Gasteiger partial charge in [0.05, 0.1) is 39.5 Å². The quantitative estimate of drug-likeness (QED) is 0.116. The number of aliphatic hydroxyl groups is 8. The second kappa shape index (κ2) is 12.1. The van der Waals surface area contributed by atoms with Crippen molar-refractivity contribution in [3.8, 4) is 0 Å². The molecule has 0 saturated carbocycles. The van der Waals surface area contributed by atoms with Gasteiger partial charge in [0.1, 0.15) is 50.6 Å². The van der Waals surface area contributed by atoms with Crippen LogP contribution in [0.25, 0.3) is 0 Å². The molecule has 0 bridgehead atoms. The van der Waals surface area contributed by atoms with E-state index < -0.39 is 50.8 Å². The van der Waals surface area contributed by atoms with Gasteiger partial charge < -0.3 is 52.3 Å². The van der Waals surface area contributed by atoms with Crippen LogP contribution >= 0.6 is 0 Å². The topological polar surface area (TPSA) is 214 Å². The van der Waals surface area contributed by atoms with Crippen molar-refractivity contribution in [1.82, 2.24) is 0 Å². The lowest BCUT2D eigenvalue weighted by atomic mass is 10.1. The monoisotopic (exact) mass is 438 g/mol. The van der Waals surface area contributed by atoms with Crippen molar-refractivity contribution in [2.75, 3.05) is 65.7 Å². The van der Waals surface area contributed by atoms with Gasteiger partial charge in [-0.3, -0.25) is 8.97 Å². The third kappa shape index (κ3) is 6.50. The maximum absolute atomic E-state index is 10.2. The first kappa shape index (κ1) is 27.0. The van der Waals surface area contributed by atoms with Crippen LogP contribution in [0.1, 0.15) is 0 Å². The zero-order valence-corrected chi connectivity index (χ0v) is 17.2. The van der Waals surface area contributed by atoms with E-state index in [1.807, 2.05) is 0 Å². The van der Waals surface area contributed by atoms with Crippen molar-refractivity contribution < 1.29 is 49.8 Å². The maximum atomic E-state index is 10.2. The Balaban J connectivity index is 3.63. The van der Waals surface area contributed by atoms with Gasteiger partial charge in [0.25, 0.3) is 0 Å². The van der Waals surface area contributed by atoms with E-state index in [2.05, 4.69) is 0 Å². The molecule has 4 atom stereocenters. The summed E-state index contributed by atoms with van der Waals surface area (Å²) in [5.41, 5.74) is 12.9. The molecule has 0 aromatic carbocycles. The van der Waals surface area contributed by atoms with Gasteiger partial charge in [0, 0.05) is 0 Å². The summed E-state index contributed by atoms with van der Waals surface area (Å²) in [5.74, 6) is 0. The average Bonchev–Trinajstić information content (AvgIpc) is 2.74. The fourth-order valence-electron chi connectivity index (χ4n) is 4.06. The van der Waals surface area contributed by atoms with Gasteiger partial charge in [-0.05, 0) is 0 Å². The van der Waals surface area contributed by atoms with Crippen molar-refractivity contribution in [3.05, 3.63) is 23.8 Å². The van der Waals surface area contributed by atoms with Crippen molar-refractivity contribution in [2.24, 2.45) is 11.5 Å². The Morgan fingerprint density at radius 3 is 1.17 bits per heavy atom. The van der Waals surface area contributed by atoms with E-state index in [-0.39, 0.29) is 48.2 Å². The summed E-state index contributed by atoms with van der Waals surface area (Å²) in [5, 5.41) is 78.0. The highest BCUT2D eigenvalue weighted by molar-refractivity contribution is 5.08. The molecule has 12 nitrogen and oxygen atoms in total. The molecule has 0 amide bonds. The molecule has 0 aliphatic carbocycles. The molecule has 1 heterocycles. The Kier molecular flexibility index (Phi) is 10.9. The minimum atomic E-state index is -1.17. The molecule has 1 aliphatic rings. The lowest BCUT2D eigenvalue weighted by Crippen LogP contribution is -2.63. The summed E-state index contributed by atoms with van der Waals surface area (Å²) < 4.78 is -0.395. The molecule has 0 fully saturated rings. The van der Waals surface area contributed by atoms with Crippen LogP contribution in [0.15, 0.2) is 23.8 Å². The summed E-state index contributed by atoms with van der Waals surface area (Å²) in [7, 11) is 0. The van der Waals surface area contributed by atoms with Crippen LogP contribution in [0.3, 0.4) is 0 Å². The van der Waals surface area contributed by atoms with E-state index >= 15 is 0 Å². The van der Waals surface area contributed by atoms with Gasteiger partial charge in [0.2, 0.25) is 0 Å². The second-order valence-electron chi connectivity index (χ2n) is 7.80. The first-order valence-electron chi connectivity index (χ1n) is 9.89. The van der Waals surface area contributed by atoms with Crippen LogP contribution in [0.5, 0.6) is 0 Å². The Hall–Kier alpha value is -1.00. The lowest BCUT2D eigenvalue weighted by molar-refractivity contribution is -0.908. The van der Waals surface area contributed by atoms with E-state index in [9.17, 15) is 40.9 Å². The Labute approximate surface area is 176 Å². The van der Waals surface area contributed by atoms with Gasteiger partial charge in [0.15, 0.2) is 23.8 Å². The van der Waals surface area contributed by atoms with Gasteiger partial charge in [-0.1, -0.05) is 0 Å². The predicted octanol–water partition coefficient (Wildman–Crippen LogP) is -5.35. The van der Waals surface area contributed by atoms with Gasteiger partial charge in [-0.2, -0.15) is 0 Å². The van der Waals surface area contributed by atoms with Crippen molar-refractivity contribution >= 4 is 0 Å². The summed E-state index contributed by atoms with van der Waals surface area (Å²) in [6.45, 7) is -2.52. The minimum Gasteiger partial charge on any atom is -0.393 e. The molecule has 0 aromatic rings. The molecule has 0 saturated heterocycles. The molecular formula is C18H38N4O8+2. The number of nitrogens with two attached hydrogens (primary N) is 2. The summed E-state index contributed by atoms with van der Waals surface area (Å²) in [6, 6.07) is 0. The number of rotatable bonds is 14. The smallest absolute Gasteiger partial charge is 0.182 e. The number of hydrogen-bond acceptors (Lipinski definition) is 10. The fraction of sp³-hybridized carbons (Fsp3) is 0.778. The standard InChI is InChI=1S/C18H38N4O8/c19-1-13-3-21(5-15(27)9-23,6-16(28)10-24)4-14(2-20)22(13,7-17(29)11-25)8-18(30)12-26/h3-4,15-18,23-30H,1-2,5-12,19-20H2/q+2. The zero-order chi connectivity index (χ0) is 22.9. The molecule has 0 radical (unpaired) electrons. The van der Waals surface area contributed by atoms with Crippen LogP contribution in [-0.2, 0) is 0 Å². The molecule has 1 rings (SSSR count). The largest absolute Gasteiger partial charge is 0.393 e. The molecule has 176 valence electrons. The van der Waals surface area contributed by atoms with Crippen LogP contribution in [-0.4, -0.2) is 140 Å². The summed E-state index contributed by atoms with van der Waals surface area (Å²) in [6.07, 6.45) is -1.38. The molecule has 4 unspecified atom stereocenters. The number of hydrogen-bond donors (Lipinski definition) is 10. The summed E-state index contributed by atoms with van der Waals surface area (Å²) >= 11 is 0. The van der Waals surface area contributed by atoms with E-state index in [4.69, 9.17) is 11.5 Å². The van der Waals surface area contributed by atoms with Crippen LogP contribution in [0.2, 0.25) is 0 Å². The van der Waals surface area contributed by atoms with Crippen molar-refractivity contribution in [3.63, 3.8) is 0 Å². The highest BCUT2D eigenvalue weighted by Crippen LogP contribution is 2.35. The Bertz CT molecular complexity index is 539. The maximum Gasteiger partial charge on any atom is 0.182 e. The molecular weight excluding hydrogens is 400 g/mol. The molecule has 12 N–H and O–H groups in total.